The van der Waals surface area contributed by atoms with E-state index in [1.54, 1.807) is 27.7 Å². The third-order valence-electron chi connectivity index (χ3n) is 4.28. The molecule has 0 aliphatic carbocycles. The van der Waals surface area contributed by atoms with Gasteiger partial charge in [0.2, 0.25) is 5.95 Å². The number of nitrogens with zero attached hydrogens (tertiary/aromatic N) is 5. The van der Waals surface area contributed by atoms with Crippen molar-refractivity contribution in [1.29, 1.82) is 0 Å². The summed E-state index contributed by atoms with van der Waals surface area (Å²) in [5.74, 6) is 0.426. The number of benzene rings is 1. The molecule has 0 spiro atoms. The summed E-state index contributed by atoms with van der Waals surface area (Å²) in [5, 5.41) is 8.20. The van der Waals surface area contributed by atoms with Gasteiger partial charge in [-0.05, 0) is 43.3 Å². The van der Waals surface area contributed by atoms with Crippen molar-refractivity contribution in [3.8, 4) is 5.69 Å². The Morgan fingerprint density at radius 2 is 2.00 bits per heavy atom. The molecule has 0 amide bonds. The molecule has 28 heavy (non-hydrogen) atoms. The molecular weight excluding hydrogens is 356 g/mol. The van der Waals surface area contributed by atoms with Crippen LogP contribution >= 0.6 is 0 Å². The van der Waals surface area contributed by atoms with Crippen LogP contribution in [0.2, 0.25) is 0 Å². The van der Waals surface area contributed by atoms with Crippen LogP contribution in [-0.4, -0.2) is 37.5 Å². The smallest absolute Gasteiger partial charge is 0.252 e. The lowest BCUT2D eigenvalue weighted by Gasteiger charge is -2.11. The van der Waals surface area contributed by atoms with E-state index in [0.29, 0.717) is 31.4 Å². The fraction of sp³-hybridized carbons (Fsp3) is 0.200. The molecule has 0 radical (unpaired) electrons. The first-order chi connectivity index (χ1) is 13.7. The number of nitrogens with one attached hydrogen (secondary N) is 1. The molecule has 0 aliphatic heterocycles. The number of rotatable bonds is 7. The Hall–Kier alpha value is -3.52. The molecule has 3 heterocycles. The standard InChI is InChI=1S/C20H20N6O2/c1-2-28-13-12-25-18(27)9-4-15-14-21-20(24-19(15)25)23-16-5-7-17(8-6-16)26-11-3-10-22-26/h3-11,14H,2,12-13H2,1H3,(H,21,23,24). The SMILES string of the molecule is CCOCCn1c(=O)ccc2cnc(Nc3ccc(-n4cccn4)cc3)nc21. The van der Waals surface area contributed by atoms with E-state index >= 15 is 0 Å². The number of hydrogen-bond donors (Lipinski definition) is 1. The highest BCUT2D eigenvalue weighted by molar-refractivity contribution is 5.75. The molecule has 8 heteroatoms. The molecule has 0 saturated carbocycles. The highest BCUT2D eigenvalue weighted by atomic mass is 16.5. The molecule has 0 fully saturated rings. The Labute approximate surface area is 161 Å². The first kappa shape index (κ1) is 17.9. The van der Waals surface area contributed by atoms with Gasteiger partial charge in [0.1, 0.15) is 5.65 Å². The second-order valence-electron chi connectivity index (χ2n) is 6.12. The molecular formula is C20H20N6O2. The van der Waals surface area contributed by atoms with Crippen LogP contribution in [-0.2, 0) is 11.3 Å². The fourth-order valence-corrected chi connectivity index (χ4v) is 2.90. The maximum absolute atomic E-state index is 12.3. The molecule has 0 unspecified atom stereocenters. The van der Waals surface area contributed by atoms with Crippen molar-refractivity contribution in [3.05, 3.63) is 71.4 Å². The Balaban J connectivity index is 1.60. The van der Waals surface area contributed by atoms with E-state index in [2.05, 4.69) is 20.4 Å². The van der Waals surface area contributed by atoms with Crippen LogP contribution in [0.1, 0.15) is 6.92 Å². The van der Waals surface area contributed by atoms with E-state index in [0.717, 1.165) is 16.8 Å². The highest BCUT2D eigenvalue weighted by Gasteiger charge is 2.07. The average Bonchev–Trinajstić information content (AvgIpc) is 3.25. The summed E-state index contributed by atoms with van der Waals surface area (Å²) in [6, 6.07) is 12.9. The molecule has 8 nitrogen and oxygen atoms in total. The van der Waals surface area contributed by atoms with Crippen LogP contribution in [0.5, 0.6) is 0 Å². The minimum absolute atomic E-state index is 0.111. The van der Waals surface area contributed by atoms with Gasteiger partial charge in [0.25, 0.3) is 5.56 Å². The molecule has 4 aromatic rings. The van der Waals surface area contributed by atoms with Crippen LogP contribution in [0.25, 0.3) is 16.7 Å². The van der Waals surface area contributed by atoms with Crippen molar-refractivity contribution in [2.45, 2.75) is 13.5 Å². The van der Waals surface area contributed by atoms with E-state index in [9.17, 15) is 4.79 Å². The van der Waals surface area contributed by atoms with Crippen molar-refractivity contribution in [3.63, 3.8) is 0 Å². The minimum Gasteiger partial charge on any atom is -0.380 e. The highest BCUT2D eigenvalue weighted by Crippen LogP contribution is 2.17. The predicted molar refractivity (Wildman–Crippen MR) is 107 cm³/mol. The van der Waals surface area contributed by atoms with Gasteiger partial charge in [-0.25, -0.2) is 9.67 Å². The zero-order chi connectivity index (χ0) is 19.3. The molecule has 0 aliphatic rings. The molecule has 0 saturated heterocycles. The van der Waals surface area contributed by atoms with Crippen molar-refractivity contribution in [1.82, 2.24) is 24.3 Å². The lowest BCUT2D eigenvalue weighted by Crippen LogP contribution is -2.22. The Bertz CT molecular complexity index is 1120. The van der Waals surface area contributed by atoms with Gasteiger partial charge in [-0.15, -0.1) is 0 Å². The summed E-state index contributed by atoms with van der Waals surface area (Å²) in [7, 11) is 0. The zero-order valence-electron chi connectivity index (χ0n) is 15.4. The molecule has 0 bridgehead atoms. The quantitative estimate of drug-likeness (QED) is 0.499. The van der Waals surface area contributed by atoms with Gasteiger partial charge in [0, 0.05) is 42.3 Å². The monoisotopic (exact) mass is 376 g/mol. The van der Waals surface area contributed by atoms with Crippen molar-refractivity contribution in [2.75, 3.05) is 18.5 Å². The Kier molecular flexibility index (Phi) is 5.11. The first-order valence-corrected chi connectivity index (χ1v) is 9.06. The Morgan fingerprint density at radius 3 is 2.75 bits per heavy atom. The summed E-state index contributed by atoms with van der Waals surface area (Å²) >= 11 is 0. The summed E-state index contributed by atoms with van der Waals surface area (Å²) in [4.78, 5) is 21.2. The second-order valence-corrected chi connectivity index (χ2v) is 6.12. The van der Waals surface area contributed by atoms with E-state index in [1.807, 2.05) is 43.5 Å². The summed E-state index contributed by atoms with van der Waals surface area (Å²) in [6.45, 7) is 3.43. The van der Waals surface area contributed by atoms with Gasteiger partial charge < -0.3 is 10.1 Å². The fourth-order valence-electron chi connectivity index (χ4n) is 2.90. The third-order valence-corrected chi connectivity index (χ3v) is 4.28. The van der Waals surface area contributed by atoms with Gasteiger partial charge >= 0.3 is 0 Å². The molecule has 142 valence electrons. The van der Waals surface area contributed by atoms with E-state index in [-0.39, 0.29) is 5.56 Å². The topological polar surface area (TPSA) is 86.9 Å². The van der Waals surface area contributed by atoms with Gasteiger partial charge in [-0.2, -0.15) is 10.1 Å². The van der Waals surface area contributed by atoms with Crippen LogP contribution in [0.15, 0.2) is 65.8 Å². The molecule has 1 aromatic carbocycles. The van der Waals surface area contributed by atoms with Crippen LogP contribution in [0.4, 0.5) is 11.6 Å². The number of pyridine rings is 1. The number of hydrogen-bond acceptors (Lipinski definition) is 6. The maximum atomic E-state index is 12.3. The van der Waals surface area contributed by atoms with Crippen LogP contribution in [0.3, 0.4) is 0 Å². The van der Waals surface area contributed by atoms with Gasteiger partial charge in [-0.3, -0.25) is 9.36 Å². The first-order valence-electron chi connectivity index (χ1n) is 9.06. The van der Waals surface area contributed by atoms with Crippen LogP contribution < -0.4 is 10.9 Å². The van der Waals surface area contributed by atoms with Crippen molar-refractivity contribution < 1.29 is 4.74 Å². The number of ether oxygens (including phenoxy) is 1. The third kappa shape index (κ3) is 3.77. The number of fused-ring (bicyclic) bond motifs is 1. The largest absolute Gasteiger partial charge is 0.380 e. The minimum atomic E-state index is -0.111. The lowest BCUT2D eigenvalue weighted by molar-refractivity contribution is 0.139. The van der Waals surface area contributed by atoms with E-state index < -0.39 is 0 Å². The van der Waals surface area contributed by atoms with E-state index in [4.69, 9.17) is 4.74 Å². The molecule has 4 rings (SSSR count). The van der Waals surface area contributed by atoms with Crippen molar-refractivity contribution in [2.24, 2.45) is 0 Å². The van der Waals surface area contributed by atoms with Crippen LogP contribution in [0, 0.1) is 0 Å². The molecule has 0 atom stereocenters. The number of anilines is 2. The molecule has 3 aromatic heterocycles. The van der Waals surface area contributed by atoms with Gasteiger partial charge in [-0.1, -0.05) is 0 Å². The maximum Gasteiger partial charge on any atom is 0.252 e. The normalized spacial score (nSPS) is 11.0. The average molecular weight is 376 g/mol. The summed E-state index contributed by atoms with van der Waals surface area (Å²) < 4.78 is 8.78. The molecule has 1 N–H and O–H groups in total. The Morgan fingerprint density at radius 1 is 1.14 bits per heavy atom. The zero-order valence-corrected chi connectivity index (χ0v) is 15.4. The lowest BCUT2D eigenvalue weighted by atomic mass is 10.3. The van der Waals surface area contributed by atoms with Crippen molar-refractivity contribution >= 4 is 22.7 Å². The number of aromatic nitrogens is 5. The predicted octanol–water partition coefficient (Wildman–Crippen LogP) is 2.76. The van der Waals surface area contributed by atoms with E-state index in [1.165, 1.54) is 6.07 Å². The van der Waals surface area contributed by atoms with Gasteiger partial charge in [0.05, 0.1) is 18.8 Å². The summed E-state index contributed by atoms with van der Waals surface area (Å²) in [6.07, 6.45) is 5.33. The van der Waals surface area contributed by atoms with Gasteiger partial charge in [0.15, 0.2) is 0 Å². The second kappa shape index (κ2) is 8.01. The summed E-state index contributed by atoms with van der Waals surface area (Å²) in [5.41, 5.74) is 2.27.